The van der Waals surface area contributed by atoms with Crippen molar-refractivity contribution in [1.29, 1.82) is 0 Å². The highest BCUT2D eigenvalue weighted by Gasteiger charge is 2.33. The summed E-state index contributed by atoms with van der Waals surface area (Å²) in [6, 6.07) is 22.7. The van der Waals surface area contributed by atoms with Crippen molar-refractivity contribution in [3.63, 3.8) is 0 Å². The topological polar surface area (TPSA) is 105 Å². The molecule has 1 aliphatic heterocycles. The number of fused-ring (bicyclic) bond motifs is 1. The van der Waals surface area contributed by atoms with Gasteiger partial charge in [0.05, 0.1) is 11.9 Å². The predicted molar refractivity (Wildman–Crippen MR) is 154 cm³/mol. The fraction of sp³-hybridized carbons (Fsp3) is 0.333. The second-order valence-electron chi connectivity index (χ2n) is 9.66. The number of carbonyl (C=O) groups excluding carboxylic acids is 2. The number of hydrogen-bond acceptors (Lipinski definition) is 6. The van der Waals surface area contributed by atoms with E-state index in [0.29, 0.717) is 18.0 Å². The third kappa shape index (κ3) is 7.53. The average molecular weight is 566 g/mol. The van der Waals surface area contributed by atoms with Crippen LogP contribution in [0.3, 0.4) is 0 Å². The summed E-state index contributed by atoms with van der Waals surface area (Å²) in [7, 11) is -3.87. The van der Waals surface area contributed by atoms with Gasteiger partial charge in [0.15, 0.2) is 11.5 Å². The smallest absolute Gasteiger partial charge is 0.244 e. The van der Waals surface area contributed by atoms with Crippen LogP contribution in [0.5, 0.6) is 11.5 Å². The predicted octanol–water partition coefficient (Wildman–Crippen LogP) is 3.74. The molecule has 2 amide bonds. The Balaban J connectivity index is 1.69. The molecule has 1 heterocycles. The molecular formula is C30H35N3O6S. The van der Waals surface area contributed by atoms with E-state index >= 15 is 0 Å². The number of nitrogens with zero attached hydrogens (tertiary/aromatic N) is 2. The van der Waals surface area contributed by atoms with Crippen molar-refractivity contribution in [2.45, 2.75) is 38.8 Å². The normalized spacial score (nSPS) is 12.9. The Kier molecular flexibility index (Phi) is 9.65. The van der Waals surface area contributed by atoms with Gasteiger partial charge in [-0.25, -0.2) is 8.42 Å². The molecule has 40 heavy (non-hydrogen) atoms. The van der Waals surface area contributed by atoms with E-state index in [4.69, 9.17) is 9.47 Å². The minimum Gasteiger partial charge on any atom is -0.454 e. The van der Waals surface area contributed by atoms with E-state index in [1.54, 1.807) is 12.1 Å². The number of unbranched alkanes of at least 4 members (excludes halogenated alkanes) is 1. The summed E-state index contributed by atoms with van der Waals surface area (Å²) in [5.74, 6) is 0.118. The van der Waals surface area contributed by atoms with Crippen LogP contribution in [0.25, 0.3) is 0 Å². The Bertz CT molecular complexity index is 1400. The molecule has 3 aromatic carbocycles. The number of anilines is 1. The minimum atomic E-state index is -3.87. The molecule has 0 unspecified atom stereocenters. The van der Waals surface area contributed by atoms with Crippen LogP contribution in [0.4, 0.5) is 5.69 Å². The summed E-state index contributed by atoms with van der Waals surface area (Å²) in [5, 5.41) is 2.97. The van der Waals surface area contributed by atoms with Crippen molar-refractivity contribution in [2.75, 3.05) is 30.4 Å². The maximum atomic E-state index is 14.1. The molecule has 1 N–H and O–H groups in total. The first kappa shape index (κ1) is 28.9. The largest absolute Gasteiger partial charge is 0.454 e. The fourth-order valence-electron chi connectivity index (χ4n) is 4.49. The van der Waals surface area contributed by atoms with E-state index in [9.17, 15) is 18.0 Å². The highest BCUT2D eigenvalue weighted by atomic mass is 32.2. The zero-order valence-electron chi connectivity index (χ0n) is 22.8. The van der Waals surface area contributed by atoms with Crippen LogP contribution in [0.1, 0.15) is 30.9 Å². The number of sulfonamides is 1. The van der Waals surface area contributed by atoms with Crippen LogP contribution in [0, 0.1) is 0 Å². The molecule has 1 atom stereocenters. The molecule has 1 aliphatic rings. The van der Waals surface area contributed by atoms with Crippen molar-refractivity contribution in [3.8, 4) is 11.5 Å². The maximum absolute atomic E-state index is 14.1. The lowest BCUT2D eigenvalue weighted by Crippen LogP contribution is -2.53. The Hall–Kier alpha value is -4.05. The van der Waals surface area contributed by atoms with Crippen LogP contribution < -0.4 is 19.1 Å². The molecule has 3 aromatic rings. The summed E-state index contributed by atoms with van der Waals surface area (Å²) < 4.78 is 37.6. The molecule has 9 nitrogen and oxygen atoms in total. The SMILES string of the molecule is CCCCNC(=O)[C@@H](Cc1ccccc1)N(Cc1ccccc1)C(=O)CN(c1ccc2c(c1)OCO2)S(C)(=O)=O. The molecule has 0 radical (unpaired) electrons. The van der Waals surface area contributed by atoms with Crippen LogP contribution >= 0.6 is 0 Å². The van der Waals surface area contributed by atoms with Crippen LogP contribution in [-0.4, -0.2) is 57.3 Å². The third-order valence-electron chi connectivity index (χ3n) is 6.62. The van der Waals surface area contributed by atoms with Gasteiger partial charge in [-0.15, -0.1) is 0 Å². The van der Waals surface area contributed by atoms with E-state index in [-0.39, 0.29) is 31.4 Å². The van der Waals surface area contributed by atoms with E-state index in [1.165, 1.54) is 11.0 Å². The highest BCUT2D eigenvalue weighted by Crippen LogP contribution is 2.36. The number of carbonyl (C=O) groups is 2. The molecule has 0 saturated heterocycles. The van der Waals surface area contributed by atoms with Gasteiger partial charge < -0.3 is 19.7 Å². The molecule has 0 bridgehead atoms. The van der Waals surface area contributed by atoms with Crippen LogP contribution in [0.15, 0.2) is 78.9 Å². The summed E-state index contributed by atoms with van der Waals surface area (Å²) in [6.07, 6.45) is 3.04. The number of amides is 2. The molecule has 10 heteroatoms. The van der Waals surface area contributed by atoms with Gasteiger partial charge in [0.25, 0.3) is 0 Å². The summed E-state index contributed by atoms with van der Waals surface area (Å²) in [5.41, 5.74) is 1.98. The van der Waals surface area contributed by atoms with Crippen molar-refractivity contribution in [3.05, 3.63) is 90.0 Å². The van der Waals surface area contributed by atoms with Crippen LogP contribution in [-0.2, 0) is 32.6 Å². The Morgan fingerprint density at radius 2 is 1.57 bits per heavy atom. The second kappa shape index (κ2) is 13.3. The lowest BCUT2D eigenvalue weighted by molar-refractivity contribution is -0.140. The summed E-state index contributed by atoms with van der Waals surface area (Å²) in [4.78, 5) is 29.1. The van der Waals surface area contributed by atoms with Crippen LogP contribution in [0.2, 0.25) is 0 Å². The van der Waals surface area contributed by atoms with Crippen molar-refractivity contribution >= 4 is 27.5 Å². The average Bonchev–Trinajstić information content (AvgIpc) is 3.42. The molecular weight excluding hydrogens is 530 g/mol. The first-order valence-corrected chi connectivity index (χ1v) is 15.1. The number of benzene rings is 3. The Morgan fingerprint density at radius 1 is 0.925 bits per heavy atom. The highest BCUT2D eigenvalue weighted by molar-refractivity contribution is 7.92. The van der Waals surface area contributed by atoms with Gasteiger partial charge in [-0.1, -0.05) is 74.0 Å². The molecule has 4 rings (SSSR count). The first-order valence-electron chi connectivity index (χ1n) is 13.3. The number of ether oxygens (including phenoxy) is 2. The van der Waals surface area contributed by atoms with Gasteiger partial charge in [-0.2, -0.15) is 0 Å². The number of hydrogen-bond donors (Lipinski definition) is 1. The third-order valence-corrected chi connectivity index (χ3v) is 7.76. The van der Waals surface area contributed by atoms with Gasteiger partial charge >= 0.3 is 0 Å². The van der Waals surface area contributed by atoms with Gasteiger partial charge in [0.2, 0.25) is 28.6 Å². The Labute approximate surface area is 235 Å². The van der Waals surface area contributed by atoms with Gasteiger partial charge in [-0.05, 0) is 29.7 Å². The van der Waals surface area contributed by atoms with Gasteiger partial charge in [0, 0.05) is 25.6 Å². The van der Waals surface area contributed by atoms with Gasteiger partial charge in [0.1, 0.15) is 12.6 Å². The van der Waals surface area contributed by atoms with E-state index < -0.39 is 28.5 Å². The second-order valence-corrected chi connectivity index (χ2v) is 11.6. The Morgan fingerprint density at radius 3 is 2.23 bits per heavy atom. The summed E-state index contributed by atoms with van der Waals surface area (Å²) in [6.45, 7) is 2.21. The van der Waals surface area contributed by atoms with E-state index in [0.717, 1.165) is 34.5 Å². The maximum Gasteiger partial charge on any atom is 0.244 e. The zero-order valence-corrected chi connectivity index (χ0v) is 23.6. The molecule has 212 valence electrons. The first-order chi connectivity index (χ1) is 19.3. The molecule has 0 spiro atoms. The quantitative estimate of drug-likeness (QED) is 0.317. The zero-order chi connectivity index (χ0) is 28.5. The molecule has 0 saturated carbocycles. The van der Waals surface area contributed by atoms with Crippen molar-refractivity contribution in [2.24, 2.45) is 0 Å². The molecule has 0 aromatic heterocycles. The molecule has 0 fully saturated rings. The summed E-state index contributed by atoms with van der Waals surface area (Å²) >= 11 is 0. The van der Waals surface area contributed by atoms with Gasteiger partial charge in [-0.3, -0.25) is 13.9 Å². The fourth-order valence-corrected chi connectivity index (χ4v) is 5.34. The lowest BCUT2D eigenvalue weighted by atomic mass is 10.0. The minimum absolute atomic E-state index is 0.0375. The van der Waals surface area contributed by atoms with Crippen molar-refractivity contribution in [1.82, 2.24) is 10.2 Å². The van der Waals surface area contributed by atoms with Crippen molar-refractivity contribution < 1.29 is 27.5 Å². The van der Waals surface area contributed by atoms with E-state index in [2.05, 4.69) is 5.32 Å². The monoisotopic (exact) mass is 565 g/mol. The molecule has 0 aliphatic carbocycles. The number of nitrogens with one attached hydrogen (secondary N) is 1. The van der Waals surface area contributed by atoms with E-state index in [1.807, 2.05) is 67.6 Å². The standard InChI is InChI=1S/C30H35N3O6S/c1-3-4-17-31-30(35)26(18-23-11-7-5-8-12-23)32(20-24-13-9-6-10-14-24)29(34)21-33(40(2,36)37)25-15-16-27-28(19-25)39-22-38-27/h5-16,19,26H,3-4,17-18,20-22H2,1-2H3,(H,31,35)/t26-/m1/s1. The lowest BCUT2D eigenvalue weighted by Gasteiger charge is -2.33. The number of rotatable bonds is 13.